The highest BCUT2D eigenvalue weighted by atomic mass is 19.2. The van der Waals surface area contributed by atoms with Crippen LogP contribution >= 0.6 is 0 Å². The number of furan rings is 1. The largest absolute Gasteiger partial charge is 0.459 e. The zero-order valence-electron chi connectivity index (χ0n) is 15.6. The summed E-state index contributed by atoms with van der Waals surface area (Å²) >= 11 is 0. The Hall–Kier alpha value is -2.21. The third-order valence-corrected chi connectivity index (χ3v) is 4.15. The smallest absolute Gasteiger partial charge is 0.374 e. The molecule has 0 unspecified atom stereocenters. The second kappa shape index (κ2) is 8.45. The molecular formula is C20H25F2NO3. The van der Waals surface area contributed by atoms with Crippen LogP contribution in [0.4, 0.5) is 8.78 Å². The number of nitrogens with zero attached hydrogens (tertiary/aromatic N) is 1. The molecule has 0 atom stereocenters. The summed E-state index contributed by atoms with van der Waals surface area (Å²) in [6, 6.07) is 6.43. The van der Waals surface area contributed by atoms with Gasteiger partial charge in [0.1, 0.15) is 5.76 Å². The Kier molecular flexibility index (Phi) is 6.53. The fourth-order valence-electron chi connectivity index (χ4n) is 2.68. The van der Waals surface area contributed by atoms with Crippen LogP contribution in [-0.4, -0.2) is 37.1 Å². The molecule has 2 aromatic rings. The number of halogens is 2. The summed E-state index contributed by atoms with van der Waals surface area (Å²) in [6.45, 7) is 11.2. The van der Waals surface area contributed by atoms with Gasteiger partial charge in [0, 0.05) is 17.5 Å². The highest BCUT2D eigenvalue weighted by Gasteiger charge is 2.24. The van der Waals surface area contributed by atoms with E-state index < -0.39 is 17.6 Å². The molecule has 0 N–H and O–H groups in total. The zero-order valence-corrected chi connectivity index (χ0v) is 15.6. The van der Waals surface area contributed by atoms with Crippen molar-refractivity contribution >= 4 is 5.97 Å². The van der Waals surface area contributed by atoms with E-state index in [1.807, 2.05) is 13.8 Å². The van der Waals surface area contributed by atoms with E-state index in [2.05, 4.69) is 18.7 Å². The first kappa shape index (κ1) is 20.1. The molecule has 1 heterocycles. The number of benzene rings is 1. The third-order valence-electron chi connectivity index (χ3n) is 4.15. The lowest BCUT2D eigenvalue weighted by Gasteiger charge is -2.30. The van der Waals surface area contributed by atoms with Crippen molar-refractivity contribution in [2.75, 3.05) is 26.2 Å². The van der Waals surface area contributed by atoms with Crippen molar-refractivity contribution in [3.63, 3.8) is 0 Å². The molecule has 2 rings (SSSR count). The van der Waals surface area contributed by atoms with E-state index in [0.717, 1.165) is 31.8 Å². The van der Waals surface area contributed by atoms with Crippen molar-refractivity contribution in [3.05, 3.63) is 47.7 Å². The second-order valence-electron chi connectivity index (χ2n) is 6.99. The number of rotatable bonds is 8. The number of hydrogen-bond donors (Lipinski definition) is 0. The lowest BCUT2D eigenvalue weighted by Crippen LogP contribution is -2.37. The van der Waals surface area contributed by atoms with Crippen LogP contribution in [0, 0.1) is 17.0 Å². The number of hydrogen-bond acceptors (Lipinski definition) is 4. The van der Waals surface area contributed by atoms with Gasteiger partial charge in [-0.15, -0.1) is 0 Å². The molecule has 0 aliphatic rings. The average Bonchev–Trinajstić information content (AvgIpc) is 3.10. The summed E-state index contributed by atoms with van der Waals surface area (Å²) < 4.78 is 37.2. The first-order chi connectivity index (χ1) is 12.3. The van der Waals surface area contributed by atoms with Gasteiger partial charge in [0.15, 0.2) is 11.6 Å². The Labute approximate surface area is 152 Å². The van der Waals surface area contributed by atoms with Gasteiger partial charge >= 0.3 is 5.97 Å². The quantitative estimate of drug-likeness (QED) is 0.633. The predicted octanol–water partition coefficient (Wildman–Crippen LogP) is 4.75. The summed E-state index contributed by atoms with van der Waals surface area (Å²) in [6.07, 6.45) is 0. The lowest BCUT2D eigenvalue weighted by atomic mass is 9.94. The van der Waals surface area contributed by atoms with Crippen LogP contribution in [0.3, 0.4) is 0 Å². The van der Waals surface area contributed by atoms with Gasteiger partial charge in [0.2, 0.25) is 5.76 Å². The molecule has 0 aliphatic carbocycles. The molecule has 0 spiro atoms. The Morgan fingerprint density at radius 2 is 1.81 bits per heavy atom. The second-order valence-corrected chi connectivity index (χ2v) is 6.99. The molecule has 1 aromatic carbocycles. The minimum atomic E-state index is -0.971. The van der Waals surface area contributed by atoms with E-state index in [4.69, 9.17) is 9.15 Å². The van der Waals surface area contributed by atoms with Crippen LogP contribution in [0.25, 0.3) is 11.3 Å². The Morgan fingerprint density at radius 3 is 2.42 bits per heavy atom. The fraction of sp³-hybridized carbons (Fsp3) is 0.450. The van der Waals surface area contributed by atoms with Crippen molar-refractivity contribution in [2.24, 2.45) is 5.41 Å². The number of esters is 1. The topological polar surface area (TPSA) is 42.7 Å². The Balaban J connectivity index is 2.00. The highest BCUT2D eigenvalue weighted by Crippen LogP contribution is 2.25. The summed E-state index contributed by atoms with van der Waals surface area (Å²) in [4.78, 5) is 14.5. The molecule has 6 heteroatoms. The van der Waals surface area contributed by atoms with Gasteiger partial charge in [-0.2, -0.15) is 0 Å². The van der Waals surface area contributed by atoms with Gasteiger partial charge in [-0.25, -0.2) is 13.6 Å². The standard InChI is InChI=1S/C20H25F2NO3/c1-5-23(6-2)12-20(3,4)13-25-19(24)18-10-9-17(26-18)14-7-8-15(21)16(22)11-14/h7-11H,5-6,12-13H2,1-4H3. The monoisotopic (exact) mass is 365 g/mol. The van der Waals surface area contributed by atoms with Gasteiger partial charge in [-0.3, -0.25) is 0 Å². The van der Waals surface area contributed by atoms with E-state index in [1.54, 1.807) is 0 Å². The molecule has 0 amide bonds. The molecular weight excluding hydrogens is 340 g/mol. The van der Waals surface area contributed by atoms with Crippen LogP contribution in [0.15, 0.2) is 34.7 Å². The van der Waals surface area contributed by atoms with Crippen molar-refractivity contribution in [1.29, 1.82) is 0 Å². The average molecular weight is 365 g/mol. The third kappa shape index (κ3) is 5.14. The Morgan fingerprint density at radius 1 is 1.12 bits per heavy atom. The molecule has 142 valence electrons. The fourth-order valence-corrected chi connectivity index (χ4v) is 2.68. The van der Waals surface area contributed by atoms with Gasteiger partial charge < -0.3 is 14.1 Å². The minimum absolute atomic E-state index is 0.0309. The minimum Gasteiger partial charge on any atom is -0.459 e. The van der Waals surface area contributed by atoms with E-state index in [0.29, 0.717) is 5.56 Å². The van der Waals surface area contributed by atoms with Crippen LogP contribution in [0.1, 0.15) is 38.2 Å². The summed E-state index contributed by atoms with van der Waals surface area (Å²) in [5, 5.41) is 0. The molecule has 0 saturated heterocycles. The molecule has 0 radical (unpaired) electrons. The van der Waals surface area contributed by atoms with E-state index >= 15 is 0 Å². The van der Waals surface area contributed by atoms with Gasteiger partial charge in [0.05, 0.1) is 6.61 Å². The summed E-state index contributed by atoms with van der Waals surface area (Å²) in [7, 11) is 0. The van der Waals surface area contributed by atoms with Crippen LogP contribution in [-0.2, 0) is 4.74 Å². The molecule has 0 bridgehead atoms. The van der Waals surface area contributed by atoms with Crippen molar-refractivity contribution in [1.82, 2.24) is 4.90 Å². The number of ether oxygens (including phenoxy) is 1. The highest BCUT2D eigenvalue weighted by molar-refractivity contribution is 5.87. The van der Waals surface area contributed by atoms with E-state index in [9.17, 15) is 13.6 Å². The summed E-state index contributed by atoms with van der Waals surface area (Å²) in [5.41, 5.74) is 0.154. The van der Waals surface area contributed by atoms with Crippen molar-refractivity contribution < 1.29 is 22.7 Å². The van der Waals surface area contributed by atoms with Gasteiger partial charge in [0.25, 0.3) is 0 Å². The van der Waals surface area contributed by atoms with E-state index in [1.165, 1.54) is 18.2 Å². The van der Waals surface area contributed by atoms with Crippen LogP contribution in [0.5, 0.6) is 0 Å². The maximum absolute atomic E-state index is 13.3. The molecule has 0 saturated carbocycles. The normalized spacial score (nSPS) is 11.8. The van der Waals surface area contributed by atoms with Crippen molar-refractivity contribution in [3.8, 4) is 11.3 Å². The zero-order chi connectivity index (χ0) is 19.3. The molecule has 0 fully saturated rings. The molecule has 1 aromatic heterocycles. The first-order valence-electron chi connectivity index (χ1n) is 8.70. The number of carbonyl (C=O) groups is 1. The first-order valence-corrected chi connectivity index (χ1v) is 8.70. The van der Waals surface area contributed by atoms with E-state index in [-0.39, 0.29) is 23.5 Å². The van der Waals surface area contributed by atoms with Crippen LogP contribution in [0.2, 0.25) is 0 Å². The van der Waals surface area contributed by atoms with Gasteiger partial charge in [-0.1, -0.05) is 27.7 Å². The maximum Gasteiger partial charge on any atom is 0.374 e. The van der Waals surface area contributed by atoms with Gasteiger partial charge in [-0.05, 0) is 43.4 Å². The maximum atomic E-state index is 13.3. The van der Waals surface area contributed by atoms with Crippen LogP contribution < -0.4 is 0 Å². The molecule has 4 nitrogen and oxygen atoms in total. The lowest BCUT2D eigenvalue weighted by molar-refractivity contribution is 0.0243. The summed E-state index contributed by atoms with van der Waals surface area (Å²) in [5.74, 6) is -2.18. The molecule has 0 aliphatic heterocycles. The number of carbonyl (C=O) groups excluding carboxylic acids is 1. The Bertz CT molecular complexity index is 751. The predicted molar refractivity (Wildman–Crippen MR) is 95.9 cm³/mol. The molecule has 26 heavy (non-hydrogen) atoms. The van der Waals surface area contributed by atoms with Crippen molar-refractivity contribution in [2.45, 2.75) is 27.7 Å². The SMILES string of the molecule is CCN(CC)CC(C)(C)COC(=O)c1ccc(-c2ccc(F)c(F)c2)o1.